The molecule has 1 heterocycles. The maximum atomic E-state index is 13.0. The van der Waals surface area contributed by atoms with Crippen molar-refractivity contribution in [3.05, 3.63) is 102 Å². The number of ether oxygens (including phenoxy) is 1. The summed E-state index contributed by atoms with van der Waals surface area (Å²) >= 11 is 0. The van der Waals surface area contributed by atoms with E-state index >= 15 is 0 Å². The molecule has 4 rings (SSSR count). The number of hydrogen-bond donors (Lipinski definition) is 2. The first-order valence-electron chi connectivity index (χ1n) is 10.1. The van der Waals surface area contributed by atoms with E-state index in [0.29, 0.717) is 17.0 Å². The van der Waals surface area contributed by atoms with Crippen molar-refractivity contribution in [1.29, 1.82) is 0 Å². The molecule has 8 nitrogen and oxygen atoms in total. The molecule has 0 radical (unpaired) electrons. The lowest BCUT2D eigenvalue weighted by Crippen LogP contribution is -2.14. The van der Waals surface area contributed by atoms with Crippen molar-refractivity contribution in [2.24, 2.45) is 0 Å². The Morgan fingerprint density at radius 2 is 1.62 bits per heavy atom. The summed E-state index contributed by atoms with van der Waals surface area (Å²) in [5, 5.41) is 2.82. The first-order valence-corrected chi connectivity index (χ1v) is 11.5. The number of benzene rings is 3. The third kappa shape index (κ3) is 5.54. The quantitative estimate of drug-likeness (QED) is 0.396. The lowest BCUT2D eigenvalue weighted by atomic mass is 10.1. The number of halogens is 1. The molecule has 0 aliphatic carbocycles. The van der Waals surface area contributed by atoms with Gasteiger partial charge in [-0.15, -0.1) is 0 Å². The van der Waals surface area contributed by atoms with E-state index in [2.05, 4.69) is 20.0 Å². The van der Waals surface area contributed by atoms with Gasteiger partial charge in [0.15, 0.2) is 0 Å². The van der Waals surface area contributed by atoms with E-state index < -0.39 is 15.8 Å². The van der Waals surface area contributed by atoms with Crippen LogP contribution in [0.4, 0.5) is 15.8 Å². The van der Waals surface area contributed by atoms with Crippen molar-refractivity contribution in [3.63, 3.8) is 0 Å². The molecule has 34 heavy (non-hydrogen) atoms. The minimum absolute atomic E-state index is 0.0718. The molecule has 0 fully saturated rings. The van der Waals surface area contributed by atoms with Crippen molar-refractivity contribution >= 4 is 27.3 Å². The van der Waals surface area contributed by atoms with Crippen LogP contribution >= 0.6 is 0 Å². The molecule has 0 atom stereocenters. The van der Waals surface area contributed by atoms with Gasteiger partial charge in [0.1, 0.15) is 11.6 Å². The molecule has 1 aromatic heterocycles. The first-order chi connectivity index (χ1) is 16.3. The largest absolute Gasteiger partial charge is 0.424 e. The van der Waals surface area contributed by atoms with Gasteiger partial charge in [-0.05, 0) is 85.3 Å². The van der Waals surface area contributed by atoms with Gasteiger partial charge in [0.05, 0.1) is 4.90 Å². The number of hydrogen-bond acceptors (Lipinski definition) is 6. The van der Waals surface area contributed by atoms with Crippen LogP contribution in [-0.2, 0) is 10.0 Å². The normalized spacial score (nSPS) is 11.0. The summed E-state index contributed by atoms with van der Waals surface area (Å²) in [4.78, 5) is 20.6. The zero-order valence-corrected chi connectivity index (χ0v) is 18.7. The zero-order chi connectivity index (χ0) is 24.1. The third-order valence-corrected chi connectivity index (χ3v) is 6.12. The van der Waals surface area contributed by atoms with E-state index in [1.165, 1.54) is 36.4 Å². The lowest BCUT2D eigenvalue weighted by molar-refractivity contribution is 0.102. The summed E-state index contributed by atoms with van der Waals surface area (Å²) < 4.78 is 45.9. The number of aryl methyl sites for hydroxylation is 1. The van der Waals surface area contributed by atoms with E-state index in [1.807, 2.05) is 6.92 Å². The van der Waals surface area contributed by atoms with Crippen molar-refractivity contribution in [2.75, 3.05) is 10.0 Å². The molecular weight excluding hydrogens is 459 g/mol. The second-order valence-electron chi connectivity index (χ2n) is 7.20. The van der Waals surface area contributed by atoms with Crippen molar-refractivity contribution < 1.29 is 22.3 Å². The number of sulfonamides is 1. The smallest absolute Gasteiger partial charge is 0.321 e. The van der Waals surface area contributed by atoms with Crippen LogP contribution in [0.5, 0.6) is 11.8 Å². The van der Waals surface area contributed by atoms with Gasteiger partial charge in [0, 0.05) is 29.3 Å². The average Bonchev–Trinajstić information content (AvgIpc) is 2.82. The number of anilines is 2. The van der Waals surface area contributed by atoms with Crippen LogP contribution in [0.15, 0.2) is 90.1 Å². The molecule has 0 aliphatic heterocycles. The fourth-order valence-corrected chi connectivity index (χ4v) is 4.05. The van der Waals surface area contributed by atoms with Gasteiger partial charge in [0.25, 0.3) is 15.9 Å². The van der Waals surface area contributed by atoms with Gasteiger partial charge in [0.2, 0.25) is 0 Å². The highest BCUT2D eigenvalue weighted by atomic mass is 32.2. The summed E-state index contributed by atoms with van der Waals surface area (Å²) in [6.07, 6.45) is 3.14. The molecule has 0 bridgehead atoms. The maximum absolute atomic E-state index is 13.0. The predicted molar refractivity (Wildman–Crippen MR) is 125 cm³/mol. The van der Waals surface area contributed by atoms with Crippen molar-refractivity contribution in [2.45, 2.75) is 11.8 Å². The fourth-order valence-electron chi connectivity index (χ4n) is 3.00. The Labute approximate surface area is 195 Å². The number of aromatic nitrogens is 2. The van der Waals surface area contributed by atoms with Gasteiger partial charge in [-0.25, -0.2) is 22.8 Å². The Bertz CT molecular complexity index is 1410. The first kappa shape index (κ1) is 22.9. The Kier molecular flexibility index (Phi) is 6.51. The minimum atomic E-state index is -3.88. The predicted octanol–water partition coefficient (Wildman–Crippen LogP) is 4.77. The second-order valence-corrected chi connectivity index (χ2v) is 8.88. The molecule has 172 valence electrons. The van der Waals surface area contributed by atoms with E-state index in [-0.39, 0.29) is 22.5 Å². The van der Waals surface area contributed by atoms with Crippen molar-refractivity contribution in [3.8, 4) is 11.8 Å². The van der Waals surface area contributed by atoms with Gasteiger partial charge < -0.3 is 10.1 Å². The highest BCUT2D eigenvalue weighted by molar-refractivity contribution is 7.92. The van der Waals surface area contributed by atoms with Crippen LogP contribution in [0.25, 0.3) is 0 Å². The van der Waals surface area contributed by atoms with Crippen LogP contribution in [0, 0.1) is 12.7 Å². The Morgan fingerprint density at radius 3 is 2.26 bits per heavy atom. The summed E-state index contributed by atoms with van der Waals surface area (Å²) in [5.74, 6) is -0.368. The molecule has 0 aliphatic rings. The Hall–Kier alpha value is -4.31. The van der Waals surface area contributed by atoms with E-state index in [1.54, 1.807) is 36.7 Å². The number of nitrogens with one attached hydrogen (secondary N) is 2. The summed E-state index contributed by atoms with van der Waals surface area (Å²) in [7, 11) is -3.88. The second kappa shape index (κ2) is 9.67. The van der Waals surface area contributed by atoms with Gasteiger partial charge in [-0.2, -0.15) is 0 Å². The number of carbonyl (C=O) groups excluding carboxylic acids is 1. The molecule has 2 N–H and O–H groups in total. The van der Waals surface area contributed by atoms with Crippen LogP contribution in [0.1, 0.15) is 15.9 Å². The van der Waals surface area contributed by atoms with Crippen LogP contribution in [0.3, 0.4) is 0 Å². The van der Waals surface area contributed by atoms with Crippen LogP contribution in [0.2, 0.25) is 0 Å². The molecule has 0 spiro atoms. The molecule has 0 saturated carbocycles. The molecule has 0 unspecified atom stereocenters. The SMILES string of the molecule is Cc1cc(Oc2ncccn2)ccc1NC(=O)c1ccc(NS(=O)(=O)c2ccc(F)cc2)cc1. The Balaban J connectivity index is 1.41. The number of carbonyl (C=O) groups is 1. The standard InChI is InChI=1S/C24H19FN4O4S/c1-16-15-20(33-24-26-13-2-14-27-24)9-12-22(16)28-23(30)17-3-7-19(8-4-17)29-34(31,32)21-10-5-18(25)6-11-21/h2-15,29H,1H3,(H,28,30). The number of nitrogens with zero attached hydrogens (tertiary/aromatic N) is 2. The third-order valence-electron chi connectivity index (χ3n) is 4.72. The zero-order valence-electron chi connectivity index (χ0n) is 17.9. The van der Waals surface area contributed by atoms with E-state index in [9.17, 15) is 17.6 Å². The number of amides is 1. The molecule has 4 aromatic rings. The summed E-state index contributed by atoms with van der Waals surface area (Å²) in [6, 6.07) is 17.5. The topological polar surface area (TPSA) is 110 Å². The van der Waals surface area contributed by atoms with E-state index in [4.69, 9.17) is 4.74 Å². The highest BCUT2D eigenvalue weighted by Gasteiger charge is 2.15. The lowest BCUT2D eigenvalue weighted by Gasteiger charge is -2.11. The Morgan fingerprint density at radius 1 is 0.941 bits per heavy atom. The molecule has 0 saturated heterocycles. The minimum Gasteiger partial charge on any atom is -0.424 e. The average molecular weight is 479 g/mol. The van der Waals surface area contributed by atoms with Gasteiger partial charge >= 0.3 is 6.01 Å². The van der Waals surface area contributed by atoms with Crippen molar-refractivity contribution in [1.82, 2.24) is 9.97 Å². The molecule has 3 aromatic carbocycles. The van der Waals surface area contributed by atoms with Crippen LogP contribution < -0.4 is 14.8 Å². The van der Waals surface area contributed by atoms with Gasteiger partial charge in [-0.1, -0.05) is 0 Å². The summed E-state index contributed by atoms with van der Waals surface area (Å²) in [5.41, 5.74) is 1.96. The maximum Gasteiger partial charge on any atom is 0.321 e. The molecule has 10 heteroatoms. The van der Waals surface area contributed by atoms with Crippen LogP contribution in [-0.4, -0.2) is 24.3 Å². The number of rotatable bonds is 7. The van der Waals surface area contributed by atoms with Gasteiger partial charge in [-0.3, -0.25) is 9.52 Å². The fraction of sp³-hybridized carbons (Fsp3) is 0.0417. The van der Waals surface area contributed by atoms with E-state index in [0.717, 1.165) is 17.7 Å². The molecule has 1 amide bonds. The molecular formula is C24H19FN4O4S. The summed E-state index contributed by atoms with van der Waals surface area (Å²) in [6.45, 7) is 1.82. The highest BCUT2D eigenvalue weighted by Crippen LogP contribution is 2.25. The monoisotopic (exact) mass is 478 g/mol.